The number of carbonyl (C=O) groups is 1. The van der Waals surface area contributed by atoms with Crippen molar-refractivity contribution in [3.8, 4) is 0 Å². The Kier molecular flexibility index (Phi) is 6.99. The Balaban J connectivity index is 1.83. The van der Waals surface area contributed by atoms with Gasteiger partial charge in [-0.3, -0.25) is 4.90 Å². The van der Waals surface area contributed by atoms with Gasteiger partial charge in [-0.15, -0.1) is 10.2 Å². The van der Waals surface area contributed by atoms with Crippen LogP contribution in [0.4, 0.5) is 4.79 Å². The Morgan fingerprint density at radius 1 is 1.33 bits per heavy atom. The Hall–Kier alpha value is -1.67. The summed E-state index contributed by atoms with van der Waals surface area (Å²) in [6.07, 6.45) is 2.68. The number of hydrogen-bond acceptors (Lipinski definition) is 5. The second-order valence-corrected chi connectivity index (χ2v) is 6.81. The molecular formula is C16H30N6O2. The predicted octanol–water partition coefficient (Wildman–Crippen LogP) is 0.922. The van der Waals surface area contributed by atoms with Gasteiger partial charge in [0.05, 0.1) is 19.3 Å². The van der Waals surface area contributed by atoms with Crippen LogP contribution in [0.5, 0.6) is 0 Å². The standard InChI is InChI=1S/C16H30N6O2/c1-12(2)9-14(22-5-7-24-8-6-22)10-17-16(23)19-13(3)15-20-18-11-21(15)4/h11-14H,5-10H2,1-4H3,(H2,17,19,23)/t13-,14-/m1/s1. The van der Waals surface area contributed by atoms with Crippen LogP contribution in [0.25, 0.3) is 0 Å². The first-order valence-electron chi connectivity index (χ1n) is 8.67. The minimum atomic E-state index is -0.190. The quantitative estimate of drug-likeness (QED) is 0.772. The first-order chi connectivity index (χ1) is 11.5. The van der Waals surface area contributed by atoms with Gasteiger partial charge < -0.3 is 19.9 Å². The number of carbonyl (C=O) groups excluding carboxylic acids is 1. The Labute approximate surface area is 143 Å². The van der Waals surface area contributed by atoms with Gasteiger partial charge in [0.25, 0.3) is 0 Å². The van der Waals surface area contributed by atoms with E-state index in [2.05, 4.69) is 39.6 Å². The average molecular weight is 338 g/mol. The van der Waals surface area contributed by atoms with Gasteiger partial charge in [0.2, 0.25) is 0 Å². The Morgan fingerprint density at radius 3 is 2.62 bits per heavy atom. The smallest absolute Gasteiger partial charge is 0.315 e. The summed E-state index contributed by atoms with van der Waals surface area (Å²) in [6, 6.07) is -0.0262. The van der Waals surface area contributed by atoms with Crippen LogP contribution in [0.1, 0.15) is 39.1 Å². The molecule has 8 nitrogen and oxygen atoms in total. The molecule has 2 rings (SSSR count). The van der Waals surface area contributed by atoms with Crippen molar-refractivity contribution in [1.29, 1.82) is 0 Å². The highest BCUT2D eigenvalue weighted by atomic mass is 16.5. The van der Waals surface area contributed by atoms with Gasteiger partial charge in [0.1, 0.15) is 6.33 Å². The van der Waals surface area contributed by atoms with E-state index in [0.717, 1.165) is 38.5 Å². The molecule has 24 heavy (non-hydrogen) atoms. The lowest BCUT2D eigenvalue weighted by atomic mass is 10.0. The highest BCUT2D eigenvalue weighted by molar-refractivity contribution is 5.74. The molecule has 1 aliphatic rings. The minimum Gasteiger partial charge on any atom is -0.379 e. The summed E-state index contributed by atoms with van der Waals surface area (Å²) in [5, 5.41) is 13.8. The third-order valence-electron chi connectivity index (χ3n) is 4.29. The van der Waals surface area contributed by atoms with Crippen LogP contribution in [-0.2, 0) is 11.8 Å². The largest absolute Gasteiger partial charge is 0.379 e. The molecule has 2 N–H and O–H groups in total. The molecule has 1 aromatic heterocycles. The van der Waals surface area contributed by atoms with Gasteiger partial charge in [0.15, 0.2) is 5.82 Å². The molecule has 1 fully saturated rings. The number of urea groups is 1. The van der Waals surface area contributed by atoms with E-state index in [1.807, 2.05) is 14.0 Å². The van der Waals surface area contributed by atoms with Crippen molar-refractivity contribution in [3.63, 3.8) is 0 Å². The maximum Gasteiger partial charge on any atom is 0.315 e. The van der Waals surface area contributed by atoms with Crippen molar-refractivity contribution in [3.05, 3.63) is 12.2 Å². The maximum absolute atomic E-state index is 12.2. The van der Waals surface area contributed by atoms with E-state index in [-0.39, 0.29) is 12.1 Å². The summed E-state index contributed by atoms with van der Waals surface area (Å²) >= 11 is 0. The van der Waals surface area contributed by atoms with Crippen molar-refractivity contribution >= 4 is 6.03 Å². The molecule has 0 saturated carbocycles. The van der Waals surface area contributed by atoms with Crippen LogP contribution in [0.15, 0.2) is 6.33 Å². The lowest BCUT2D eigenvalue weighted by Gasteiger charge is -2.35. The predicted molar refractivity (Wildman–Crippen MR) is 91.6 cm³/mol. The Morgan fingerprint density at radius 2 is 2.04 bits per heavy atom. The number of amides is 2. The van der Waals surface area contributed by atoms with E-state index < -0.39 is 0 Å². The fourth-order valence-corrected chi connectivity index (χ4v) is 3.06. The summed E-state index contributed by atoms with van der Waals surface area (Å²) in [6.45, 7) is 10.3. The summed E-state index contributed by atoms with van der Waals surface area (Å²) < 4.78 is 7.23. The number of rotatable bonds is 7. The van der Waals surface area contributed by atoms with Crippen molar-refractivity contribution < 1.29 is 9.53 Å². The SMILES string of the molecule is CC(C)C[C@H](CNC(=O)N[C@H](C)c1nncn1C)N1CCOCC1. The summed E-state index contributed by atoms with van der Waals surface area (Å²) in [5.41, 5.74) is 0. The maximum atomic E-state index is 12.2. The number of aryl methyl sites for hydroxylation is 1. The van der Waals surface area contributed by atoms with Crippen LogP contribution in [0.2, 0.25) is 0 Å². The number of nitrogens with one attached hydrogen (secondary N) is 2. The second kappa shape index (κ2) is 8.98. The molecule has 1 saturated heterocycles. The zero-order valence-corrected chi connectivity index (χ0v) is 15.2. The average Bonchev–Trinajstić information content (AvgIpc) is 2.98. The summed E-state index contributed by atoms with van der Waals surface area (Å²) in [4.78, 5) is 14.6. The van der Waals surface area contributed by atoms with Crippen LogP contribution in [0, 0.1) is 5.92 Å². The summed E-state index contributed by atoms with van der Waals surface area (Å²) in [7, 11) is 1.86. The van der Waals surface area contributed by atoms with E-state index in [0.29, 0.717) is 18.5 Å². The highest BCUT2D eigenvalue weighted by Crippen LogP contribution is 2.13. The first kappa shape index (κ1) is 18.7. The van der Waals surface area contributed by atoms with Gasteiger partial charge in [-0.05, 0) is 19.3 Å². The molecule has 2 heterocycles. The molecule has 1 aromatic rings. The molecule has 8 heteroatoms. The Bertz CT molecular complexity index is 512. The van der Waals surface area contributed by atoms with E-state index in [4.69, 9.17) is 4.74 Å². The van der Waals surface area contributed by atoms with Crippen molar-refractivity contribution in [2.45, 2.75) is 39.3 Å². The van der Waals surface area contributed by atoms with E-state index >= 15 is 0 Å². The molecule has 0 radical (unpaired) electrons. The molecule has 0 spiro atoms. The van der Waals surface area contributed by atoms with Gasteiger partial charge >= 0.3 is 6.03 Å². The molecule has 0 aliphatic carbocycles. The van der Waals surface area contributed by atoms with Gasteiger partial charge in [-0.1, -0.05) is 13.8 Å². The topological polar surface area (TPSA) is 84.3 Å². The van der Waals surface area contributed by atoms with Gasteiger partial charge in [-0.2, -0.15) is 0 Å². The molecule has 136 valence electrons. The fraction of sp³-hybridized carbons (Fsp3) is 0.812. The molecule has 0 aromatic carbocycles. The first-order valence-corrected chi connectivity index (χ1v) is 8.67. The molecule has 0 unspecified atom stereocenters. The highest BCUT2D eigenvalue weighted by Gasteiger charge is 2.23. The third kappa shape index (κ3) is 5.45. The number of ether oxygens (including phenoxy) is 1. The molecule has 1 aliphatic heterocycles. The summed E-state index contributed by atoms with van der Waals surface area (Å²) in [5.74, 6) is 1.32. The molecule has 0 bridgehead atoms. The van der Waals surface area contributed by atoms with Crippen molar-refractivity contribution in [2.75, 3.05) is 32.8 Å². The third-order valence-corrected chi connectivity index (χ3v) is 4.29. The lowest BCUT2D eigenvalue weighted by Crippen LogP contribution is -2.50. The number of aromatic nitrogens is 3. The fourth-order valence-electron chi connectivity index (χ4n) is 3.06. The number of morpholine rings is 1. The van der Waals surface area contributed by atoms with E-state index in [1.54, 1.807) is 10.9 Å². The molecular weight excluding hydrogens is 308 g/mol. The lowest BCUT2D eigenvalue weighted by molar-refractivity contribution is 0.0129. The number of nitrogens with zero attached hydrogens (tertiary/aromatic N) is 4. The number of hydrogen-bond donors (Lipinski definition) is 2. The van der Waals surface area contributed by atoms with E-state index in [1.165, 1.54) is 0 Å². The van der Waals surface area contributed by atoms with Crippen molar-refractivity contribution in [1.82, 2.24) is 30.3 Å². The molecule has 2 atom stereocenters. The molecule has 2 amide bonds. The van der Waals surface area contributed by atoms with Crippen LogP contribution in [0.3, 0.4) is 0 Å². The minimum absolute atomic E-state index is 0.174. The zero-order valence-electron chi connectivity index (χ0n) is 15.2. The monoisotopic (exact) mass is 338 g/mol. The van der Waals surface area contributed by atoms with E-state index in [9.17, 15) is 4.79 Å². The second-order valence-electron chi connectivity index (χ2n) is 6.81. The van der Waals surface area contributed by atoms with Gasteiger partial charge in [-0.25, -0.2) is 4.79 Å². The zero-order chi connectivity index (χ0) is 17.5. The normalized spacial score (nSPS) is 18.4. The van der Waals surface area contributed by atoms with Crippen molar-refractivity contribution in [2.24, 2.45) is 13.0 Å². The van der Waals surface area contributed by atoms with Crippen LogP contribution in [-0.4, -0.2) is 64.6 Å². The van der Waals surface area contributed by atoms with Gasteiger partial charge in [0, 0.05) is 32.7 Å². The van der Waals surface area contributed by atoms with Crippen LogP contribution < -0.4 is 10.6 Å². The van der Waals surface area contributed by atoms with Crippen LogP contribution >= 0.6 is 0 Å².